The highest BCUT2D eigenvalue weighted by atomic mass is 19.4. The fourth-order valence-corrected chi connectivity index (χ4v) is 1.83. The van der Waals surface area contributed by atoms with Crippen LogP contribution in [0.1, 0.15) is 11.1 Å². The van der Waals surface area contributed by atoms with Crippen LogP contribution in [-0.4, -0.2) is 23.3 Å². The summed E-state index contributed by atoms with van der Waals surface area (Å²) in [6.45, 7) is 0. The number of carbonyl (C=O) groups is 1. The summed E-state index contributed by atoms with van der Waals surface area (Å²) in [5.41, 5.74) is 0.237. The van der Waals surface area contributed by atoms with Gasteiger partial charge in [0.05, 0.1) is 5.57 Å². The van der Waals surface area contributed by atoms with Gasteiger partial charge < -0.3 is 10.4 Å². The fourth-order valence-electron chi connectivity index (χ4n) is 1.83. The van der Waals surface area contributed by atoms with Crippen LogP contribution in [0.2, 0.25) is 0 Å². The maximum Gasteiger partial charge on any atom is 0.413 e. The summed E-state index contributed by atoms with van der Waals surface area (Å²) in [5.74, 6) is 0.717. The monoisotopic (exact) mass is 267 g/mol. The molecule has 0 bridgehead atoms. The van der Waals surface area contributed by atoms with Crippen molar-refractivity contribution in [2.75, 3.05) is 5.32 Å². The van der Waals surface area contributed by atoms with Crippen molar-refractivity contribution in [2.24, 2.45) is 0 Å². The number of terminal acetylenes is 1. The zero-order chi connectivity index (χ0) is 14.2. The number of halogens is 3. The molecule has 0 aliphatic carbocycles. The molecule has 1 aromatic rings. The summed E-state index contributed by atoms with van der Waals surface area (Å²) < 4.78 is 38.4. The van der Waals surface area contributed by atoms with Crippen molar-refractivity contribution < 1.29 is 23.1 Å². The van der Waals surface area contributed by atoms with Crippen LogP contribution in [-0.2, 0) is 4.79 Å². The predicted octanol–water partition coefficient (Wildman–Crippen LogP) is 2.49. The Morgan fingerprint density at radius 1 is 1.42 bits per heavy atom. The van der Waals surface area contributed by atoms with Crippen LogP contribution in [0.15, 0.2) is 23.8 Å². The minimum Gasteiger partial charge on any atom is -0.478 e. The molecule has 0 amide bonds. The Balaban J connectivity index is 2.55. The molecule has 1 aromatic carbocycles. The van der Waals surface area contributed by atoms with Gasteiger partial charge in [0.25, 0.3) is 0 Å². The van der Waals surface area contributed by atoms with Gasteiger partial charge in [-0.1, -0.05) is 5.92 Å². The van der Waals surface area contributed by atoms with Crippen LogP contribution in [0.4, 0.5) is 18.9 Å². The molecule has 1 unspecified atom stereocenters. The molecule has 0 fully saturated rings. The van der Waals surface area contributed by atoms with Gasteiger partial charge in [-0.2, -0.15) is 13.2 Å². The largest absolute Gasteiger partial charge is 0.478 e. The van der Waals surface area contributed by atoms with E-state index in [9.17, 15) is 18.0 Å². The van der Waals surface area contributed by atoms with Gasteiger partial charge in [-0.3, -0.25) is 0 Å². The van der Waals surface area contributed by atoms with Crippen molar-refractivity contribution >= 4 is 17.7 Å². The maximum absolute atomic E-state index is 12.8. The van der Waals surface area contributed by atoms with E-state index >= 15 is 0 Å². The third-order valence-corrected chi connectivity index (χ3v) is 2.71. The molecule has 1 heterocycles. The van der Waals surface area contributed by atoms with Crippen molar-refractivity contribution in [3.05, 3.63) is 34.9 Å². The molecule has 2 N–H and O–H groups in total. The van der Waals surface area contributed by atoms with Crippen molar-refractivity contribution in [1.29, 1.82) is 0 Å². The van der Waals surface area contributed by atoms with E-state index in [4.69, 9.17) is 11.5 Å². The van der Waals surface area contributed by atoms with E-state index in [2.05, 4.69) is 11.2 Å². The topological polar surface area (TPSA) is 49.3 Å². The van der Waals surface area contributed by atoms with Gasteiger partial charge in [-0.15, -0.1) is 6.42 Å². The van der Waals surface area contributed by atoms with Crippen LogP contribution in [0.3, 0.4) is 0 Å². The van der Waals surface area contributed by atoms with Gasteiger partial charge in [0.15, 0.2) is 6.04 Å². The number of anilines is 1. The summed E-state index contributed by atoms with van der Waals surface area (Å²) in [6, 6.07) is 2.11. The highest BCUT2D eigenvalue weighted by Gasteiger charge is 2.46. The molecule has 3 nitrogen and oxygen atoms in total. The highest BCUT2D eigenvalue weighted by molar-refractivity contribution is 5.97. The van der Waals surface area contributed by atoms with Gasteiger partial charge in [-0.05, 0) is 29.8 Å². The first-order chi connectivity index (χ1) is 8.82. The van der Waals surface area contributed by atoms with Crippen molar-refractivity contribution in [1.82, 2.24) is 0 Å². The Kier molecular flexibility index (Phi) is 2.98. The van der Waals surface area contributed by atoms with Crippen molar-refractivity contribution in [2.45, 2.75) is 12.2 Å². The van der Waals surface area contributed by atoms with Crippen molar-refractivity contribution in [3.63, 3.8) is 0 Å². The second-order valence-corrected chi connectivity index (χ2v) is 3.97. The summed E-state index contributed by atoms with van der Waals surface area (Å²) in [7, 11) is 0. The lowest BCUT2D eigenvalue weighted by molar-refractivity contribution is -0.146. The minimum atomic E-state index is -4.69. The Morgan fingerprint density at radius 2 is 2.11 bits per heavy atom. The van der Waals surface area contributed by atoms with Crippen LogP contribution in [0.5, 0.6) is 0 Å². The van der Waals surface area contributed by atoms with E-state index < -0.39 is 23.8 Å². The SMILES string of the molecule is C#Cc1ccc2c(c1)C=C(C(=O)O)C(C(F)(F)F)N2. The van der Waals surface area contributed by atoms with E-state index in [0.29, 0.717) is 11.1 Å². The number of fused-ring (bicyclic) bond motifs is 1. The first-order valence-corrected chi connectivity index (χ1v) is 5.21. The molecular formula is C13H8F3NO2. The first-order valence-electron chi connectivity index (χ1n) is 5.21. The molecule has 19 heavy (non-hydrogen) atoms. The Hall–Kier alpha value is -2.42. The number of benzene rings is 1. The quantitative estimate of drug-likeness (QED) is 0.768. The molecule has 0 spiro atoms. The lowest BCUT2D eigenvalue weighted by Gasteiger charge is -2.28. The Morgan fingerprint density at radius 3 is 2.63 bits per heavy atom. The molecule has 0 aromatic heterocycles. The van der Waals surface area contributed by atoms with E-state index in [-0.39, 0.29) is 5.69 Å². The highest BCUT2D eigenvalue weighted by Crippen LogP contribution is 2.35. The zero-order valence-electron chi connectivity index (χ0n) is 9.45. The smallest absolute Gasteiger partial charge is 0.413 e. The molecule has 1 atom stereocenters. The van der Waals surface area contributed by atoms with E-state index in [1.807, 2.05) is 0 Å². The first kappa shape index (κ1) is 13.0. The van der Waals surface area contributed by atoms with Gasteiger partial charge in [-0.25, -0.2) is 4.79 Å². The average Bonchev–Trinajstić information content (AvgIpc) is 2.35. The lowest BCUT2D eigenvalue weighted by Crippen LogP contribution is -2.41. The summed E-state index contributed by atoms with van der Waals surface area (Å²) in [4.78, 5) is 10.9. The van der Waals surface area contributed by atoms with Crippen LogP contribution in [0.25, 0.3) is 6.08 Å². The fraction of sp³-hybridized carbons (Fsp3) is 0.154. The number of nitrogens with one attached hydrogen (secondary N) is 1. The van der Waals surface area contributed by atoms with Crippen LogP contribution >= 0.6 is 0 Å². The summed E-state index contributed by atoms with van der Waals surface area (Å²) >= 11 is 0. The molecule has 1 aliphatic heterocycles. The molecule has 6 heteroatoms. The van der Waals surface area contributed by atoms with Gasteiger partial charge in [0.1, 0.15) is 0 Å². The van der Waals surface area contributed by atoms with Crippen LogP contribution in [0, 0.1) is 12.3 Å². The van der Waals surface area contributed by atoms with Gasteiger partial charge >= 0.3 is 12.1 Å². The second kappa shape index (κ2) is 4.35. The third kappa shape index (κ3) is 2.40. The number of carboxylic acid groups (broad SMARTS) is 1. The van der Waals surface area contributed by atoms with Crippen LogP contribution < -0.4 is 5.32 Å². The number of alkyl halides is 3. The number of rotatable bonds is 1. The molecule has 98 valence electrons. The summed E-state index contributed by atoms with van der Waals surface area (Å²) in [5, 5.41) is 11.1. The van der Waals surface area contributed by atoms with Gasteiger partial charge in [0, 0.05) is 11.3 Å². The molecule has 0 radical (unpaired) electrons. The Bertz CT molecular complexity index is 611. The second-order valence-electron chi connectivity index (χ2n) is 3.97. The standard InChI is InChI=1S/C13H8F3NO2/c1-2-7-3-4-10-8(5-7)6-9(12(18)19)11(17-10)13(14,15)16/h1,3-6,11,17H,(H,18,19). The lowest BCUT2D eigenvalue weighted by atomic mass is 9.96. The maximum atomic E-state index is 12.8. The van der Waals surface area contributed by atoms with E-state index in [1.165, 1.54) is 18.2 Å². The number of hydrogen-bond acceptors (Lipinski definition) is 2. The minimum absolute atomic E-state index is 0.200. The summed E-state index contributed by atoms with van der Waals surface area (Å²) in [6.07, 6.45) is 1.49. The van der Waals surface area contributed by atoms with E-state index in [0.717, 1.165) is 6.08 Å². The molecule has 0 saturated heterocycles. The average molecular weight is 267 g/mol. The van der Waals surface area contributed by atoms with E-state index in [1.54, 1.807) is 0 Å². The molecule has 0 saturated carbocycles. The number of aliphatic carboxylic acids is 1. The zero-order valence-corrected chi connectivity index (χ0v) is 9.45. The molecule has 1 aliphatic rings. The third-order valence-electron chi connectivity index (χ3n) is 2.71. The molecule has 2 rings (SSSR count). The van der Waals surface area contributed by atoms with Crippen molar-refractivity contribution in [3.8, 4) is 12.3 Å². The number of hydrogen-bond donors (Lipinski definition) is 2. The predicted molar refractivity (Wildman–Crippen MR) is 63.5 cm³/mol. The normalized spacial score (nSPS) is 17.8. The Labute approximate surface area is 106 Å². The molecular weight excluding hydrogens is 259 g/mol. The number of carboxylic acids is 1. The van der Waals surface area contributed by atoms with Gasteiger partial charge in [0.2, 0.25) is 0 Å².